The van der Waals surface area contributed by atoms with Crippen LogP contribution >= 0.6 is 0 Å². The van der Waals surface area contributed by atoms with Crippen LogP contribution in [0.25, 0.3) is 0 Å². The van der Waals surface area contributed by atoms with Gasteiger partial charge in [0.05, 0.1) is 0 Å². The molecule has 9 N–H and O–H groups in total. The van der Waals surface area contributed by atoms with Crippen molar-refractivity contribution in [2.24, 2.45) is 28.1 Å². The molecule has 0 saturated heterocycles. The number of guanidine groups is 2. The highest BCUT2D eigenvalue weighted by Crippen LogP contribution is 2.10. The third-order valence-corrected chi connectivity index (χ3v) is 5.36. The van der Waals surface area contributed by atoms with Gasteiger partial charge in [0, 0.05) is 20.2 Å². The molecule has 1 atom stereocenters. The van der Waals surface area contributed by atoms with E-state index >= 15 is 0 Å². The van der Waals surface area contributed by atoms with Gasteiger partial charge in [-0.05, 0) is 25.2 Å². The molecule has 0 fully saturated rings. The van der Waals surface area contributed by atoms with E-state index in [1.807, 2.05) is 38.2 Å². The third kappa shape index (κ3) is 40.8. The summed E-state index contributed by atoms with van der Waals surface area (Å²) in [6.07, 6.45) is 32.3. The van der Waals surface area contributed by atoms with Gasteiger partial charge < -0.3 is 32.3 Å². The minimum atomic E-state index is -0.930. The first-order valence-corrected chi connectivity index (χ1v) is 14.7. The molecule has 10 nitrogen and oxygen atoms in total. The molecule has 0 spiro atoms. The molecule has 0 aliphatic rings. The minimum absolute atomic E-state index is 0.238. The Balaban J connectivity index is -0.000000687. The molecule has 0 aromatic heterocycles. The van der Waals surface area contributed by atoms with Crippen LogP contribution in [-0.2, 0) is 9.59 Å². The summed E-state index contributed by atoms with van der Waals surface area (Å²) < 4.78 is 0. The lowest BCUT2D eigenvalue weighted by Gasteiger charge is -2.08. The van der Waals surface area contributed by atoms with E-state index in [1.165, 1.54) is 63.9 Å². The van der Waals surface area contributed by atoms with Crippen molar-refractivity contribution in [3.63, 3.8) is 0 Å². The molecule has 0 radical (unpaired) electrons. The Morgan fingerprint density at radius 3 is 1.62 bits per heavy atom. The first-order valence-electron chi connectivity index (χ1n) is 14.7. The van der Waals surface area contributed by atoms with Crippen LogP contribution in [-0.4, -0.2) is 59.1 Å². The average molecular weight is 591 g/mol. The number of nitrogens with two attached hydrogens (primary N) is 3. The van der Waals surface area contributed by atoms with Crippen LogP contribution in [0.4, 0.5) is 0 Å². The van der Waals surface area contributed by atoms with Gasteiger partial charge in [0.15, 0.2) is 5.96 Å². The zero-order chi connectivity index (χ0) is 32.6. The van der Waals surface area contributed by atoms with Gasteiger partial charge in [-0.3, -0.25) is 10.2 Å². The van der Waals surface area contributed by atoms with E-state index in [0.717, 1.165) is 12.5 Å². The maximum atomic E-state index is 10.2. The summed E-state index contributed by atoms with van der Waals surface area (Å²) in [7, 11) is 3.45. The Bertz CT molecular complexity index is 874. The van der Waals surface area contributed by atoms with Crippen molar-refractivity contribution in [3.8, 4) is 0 Å². The van der Waals surface area contributed by atoms with Crippen molar-refractivity contribution in [2.75, 3.05) is 14.1 Å². The number of unbranched alkanes of at least 4 members (excludes halogenated alkanes) is 9. The third-order valence-electron chi connectivity index (χ3n) is 5.36. The van der Waals surface area contributed by atoms with Crippen LogP contribution in [0.5, 0.6) is 0 Å². The molecular weight excluding hydrogens is 532 g/mol. The molecular formula is C32H58N6O4. The van der Waals surface area contributed by atoms with Gasteiger partial charge in [0.25, 0.3) is 0 Å². The number of rotatable bonds is 18. The normalized spacial score (nSPS) is 12.6. The quantitative estimate of drug-likeness (QED) is 0.0369. The fourth-order valence-electron chi connectivity index (χ4n) is 3.10. The molecule has 0 amide bonds. The lowest BCUT2D eigenvalue weighted by Crippen LogP contribution is -2.32. The first kappa shape index (κ1) is 42.8. The summed E-state index contributed by atoms with van der Waals surface area (Å²) >= 11 is 0. The van der Waals surface area contributed by atoms with Gasteiger partial charge in [-0.2, -0.15) is 4.99 Å². The summed E-state index contributed by atoms with van der Waals surface area (Å²) in [6.45, 7) is 6.16. The number of carboxylic acids is 2. The number of nitrogens with zero attached hydrogens (tertiary/aromatic N) is 2. The van der Waals surface area contributed by atoms with Crippen molar-refractivity contribution < 1.29 is 19.8 Å². The van der Waals surface area contributed by atoms with Gasteiger partial charge in [-0.1, -0.05) is 127 Å². The lowest BCUT2D eigenvalue weighted by molar-refractivity contribution is -0.139. The van der Waals surface area contributed by atoms with E-state index in [1.54, 1.807) is 31.1 Å². The van der Waals surface area contributed by atoms with Gasteiger partial charge in [-0.15, -0.1) is 0 Å². The molecule has 42 heavy (non-hydrogen) atoms. The zero-order valence-electron chi connectivity index (χ0n) is 26.5. The Hall–Kier alpha value is -3.66. The van der Waals surface area contributed by atoms with Crippen LogP contribution in [0.15, 0.2) is 65.8 Å². The molecule has 240 valence electrons. The van der Waals surface area contributed by atoms with E-state index in [4.69, 9.17) is 32.8 Å². The fourth-order valence-corrected chi connectivity index (χ4v) is 3.10. The summed E-state index contributed by atoms with van der Waals surface area (Å²) in [4.78, 5) is 25.4. The van der Waals surface area contributed by atoms with E-state index in [0.29, 0.717) is 12.3 Å². The molecule has 0 aromatic carbocycles. The number of carbonyl (C=O) groups is 2. The van der Waals surface area contributed by atoms with E-state index in [2.05, 4.69) is 24.1 Å². The summed E-state index contributed by atoms with van der Waals surface area (Å²) in [5.41, 5.74) is 15.4. The van der Waals surface area contributed by atoms with Crippen molar-refractivity contribution >= 4 is 23.9 Å². The number of carboxylic acid groups (broad SMARTS) is 2. The molecule has 0 heterocycles. The van der Waals surface area contributed by atoms with Crippen LogP contribution < -0.4 is 17.2 Å². The highest BCUT2D eigenvalue weighted by Gasteiger charge is 2.11. The Kier molecular flexibility index (Phi) is 32.5. The average Bonchev–Trinajstić information content (AvgIpc) is 2.89. The standard InChI is InChI=1S/C22H34O2.C6H13NO2.C4H11N5/c1-2-3-4-5-6-7-8-9-10-11-12-13-14-15-16-17-18-19-20-21-22(23)24;1-4(2)3-5(7)6(8)9;1-9(2)4(7)8-3(5)6/h12-21H,2-11H2,1H3,(H,23,24);4-5H,3,7H2,1-2H3,(H,8,9);1-2H3,(H5,5,6,7,8)/t;5-;/m.0./s1. The van der Waals surface area contributed by atoms with Crippen LogP contribution in [0.3, 0.4) is 0 Å². The van der Waals surface area contributed by atoms with E-state index in [9.17, 15) is 9.59 Å². The predicted molar refractivity (Wildman–Crippen MR) is 177 cm³/mol. The number of hydrogen-bond acceptors (Lipinski definition) is 4. The predicted octanol–water partition coefficient (Wildman–Crippen LogP) is 5.97. The first-order chi connectivity index (χ1) is 19.8. The lowest BCUT2D eigenvalue weighted by atomic mass is 10.1. The Morgan fingerprint density at radius 1 is 0.810 bits per heavy atom. The monoisotopic (exact) mass is 590 g/mol. The van der Waals surface area contributed by atoms with E-state index in [-0.39, 0.29) is 11.9 Å². The number of allylic oxidation sites excluding steroid dienone is 9. The second-order valence-corrected chi connectivity index (χ2v) is 10.2. The van der Waals surface area contributed by atoms with Crippen LogP contribution in [0.1, 0.15) is 91.4 Å². The SMILES string of the molecule is CC(C)C[C@H](N)C(=O)O.CCCCCCCCCCCC=CC=CC=CC=CC=CC(=O)O.CN(C)C(N)=NC(=N)N. The summed E-state index contributed by atoms with van der Waals surface area (Å²) in [6, 6.07) is -0.690. The highest BCUT2D eigenvalue weighted by molar-refractivity contribution is 5.91. The Labute approximate surface area is 254 Å². The van der Waals surface area contributed by atoms with Gasteiger partial charge in [-0.25, -0.2) is 4.79 Å². The zero-order valence-corrected chi connectivity index (χ0v) is 26.5. The molecule has 0 aromatic rings. The topological polar surface area (TPSA) is 192 Å². The largest absolute Gasteiger partial charge is 0.480 e. The van der Waals surface area contributed by atoms with E-state index < -0.39 is 18.0 Å². The molecule has 0 bridgehead atoms. The van der Waals surface area contributed by atoms with Gasteiger partial charge in [0.1, 0.15) is 6.04 Å². The van der Waals surface area contributed by atoms with Gasteiger partial charge in [0.2, 0.25) is 5.96 Å². The number of hydrogen-bond donors (Lipinski definition) is 6. The smallest absolute Gasteiger partial charge is 0.328 e. The maximum absolute atomic E-state index is 10.2. The molecule has 10 heteroatoms. The maximum Gasteiger partial charge on any atom is 0.328 e. The van der Waals surface area contributed by atoms with Crippen LogP contribution in [0.2, 0.25) is 0 Å². The molecule has 0 aliphatic heterocycles. The fraction of sp³-hybridized carbons (Fsp3) is 0.562. The number of aliphatic carboxylic acids is 2. The second kappa shape index (κ2) is 31.9. The van der Waals surface area contributed by atoms with Crippen molar-refractivity contribution in [1.29, 1.82) is 5.41 Å². The summed E-state index contributed by atoms with van der Waals surface area (Å²) in [5.74, 6) is -1.52. The molecule has 0 saturated carbocycles. The van der Waals surface area contributed by atoms with Crippen molar-refractivity contribution in [2.45, 2.75) is 97.4 Å². The second-order valence-electron chi connectivity index (χ2n) is 10.2. The molecule has 0 aliphatic carbocycles. The molecule has 0 rings (SSSR count). The van der Waals surface area contributed by atoms with Crippen molar-refractivity contribution in [1.82, 2.24) is 4.90 Å². The molecule has 0 unspecified atom stereocenters. The number of aliphatic imine (C=N–C) groups is 1. The highest BCUT2D eigenvalue weighted by atomic mass is 16.4. The summed E-state index contributed by atoms with van der Waals surface area (Å²) in [5, 5.41) is 23.4. The van der Waals surface area contributed by atoms with Crippen molar-refractivity contribution in [3.05, 3.63) is 60.8 Å². The van der Waals surface area contributed by atoms with Gasteiger partial charge >= 0.3 is 11.9 Å². The minimum Gasteiger partial charge on any atom is -0.480 e. The van der Waals surface area contributed by atoms with Crippen LogP contribution in [0, 0.1) is 11.3 Å². The number of nitrogens with one attached hydrogen (secondary N) is 1. The Morgan fingerprint density at radius 2 is 1.26 bits per heavy atom.